The maximum atomic E-state index is 0. The van der Waals surface area contributed by atoms with Crippen molar-refractivity contribution < 1.29 is 77.4 Å². The van der Waals surface area contributed by atoms with Crippen molar-refractivity contribution in [1.29, 1.82) is 0 Å². The molecule has 0 bridgehead atoms. The summed E-state index contributed by atoms with van der Waals surface area (Å²) in [5.74, 6) is 0. The van der Waals surface area contributed by atoms with Crippen LogP contribution in [0.4, 0.5) is 0 Å². The normalized spacial score (nSPS) is 0. The first-order valence-electron chi connectivity index (χ1n) is 0. The summed E-state index contributed by atoms with van der Waals surface area (Å²) in [6.07, 6.45) is 0. The van der Waals surface area contributed by atoms with Crippen molar-refractivity contribution in [2.75, 3.05) is 0 Å². The summed E-state index contributed by atoms with van der Waals surface area (Å²) in [5.41, 5.74) is 0. The fraction of sp³-hybridized carbons (Fsp3) is 0. The van der Waals surface area contributed by atoms with E-state index in [1.807, 2.05) is 0 Å². The predicted molar refractivity (Wildman–Crippen MR) is 1.37 cm³/mol. The molecule has 0 saturated heterocycles. The van der Waals surface area contributed by atoms with Gasteiger partial charge < -0.3 is 11.0 Å². The molecule has 2 nitrogen and oxygen atoms in total. The molecule has 0 unspecified atom stereocenters. The molecule has 0 fully saturated rings. The van der Waals surface area contributed by atoms with E-state index < -0.39 is 0 Å². The molecular formula is Ag2O2Ti+2. The second-order valence-corrected chi connectivity index (χ2v) is 0. The Kier molecular flexibility index (Phi) is 426. The fourth-order valence-corrected chi connectivity index (χ4v) is 0. The molecule has 5 heavy (non-hydrogen) atoms. The molecule has 0 spiro atoms. The molecule has 0 aliphatic carbocycles. The van der Waals surface area contributed by atoms with Crippen molar-refractivity contribution in [2.45, 2.75) is 0 Å². The number of hydrogen-bond donors (Lipinski definition) is 0. The first kappa shape index (κ1) is 59.5. The Labute approximate surface area is 76.6 Å². The van der Waals surface area contributed by atoms with Crippen LogP contribution in [0.25, 0.3) is 0 Å². The van der Waals surface area contributed by atoms with Crippen LogP contribution in [0.15, 0.2) is 0 Å². The zero-order chi connectivity index (χ0) is 0. The van der Waals surface area contributed by atoms with E-state index in [4.69, 9.17) is 0 Å². The van der Waals surface area contributed by atoms with Crippen molar-refractivity contribution in [3.63, 3.8) is 0 Å². The van der Waals surface area contributed by atoms with E-state index in [1.165, 1.54) is 0 Å². The van der Waals surface area contributed by atoms with Gasteiger partial charge in [-0.3, -0.25) is 0 Å². The molecule has 0 aromatic heterocycles. The summed E-state index contributed by atoms with van der Waals surface area (Å²) in [6, 6.07) is 0. The Morgan fingerprint density at radius 3 is 0.600 bits per heavy atom. The van der Waals surface area contributed by atoms with E-state index in [2.05, 4.69) is 0 Å². The summed E-state index contributed by atoms with van der Waals surface area (Å²) >= 11 is 0. The summed E-state index contributed by atoms with van der Waals surface area (Å²) in [4.78, 5) is 0. The quantitative estimate of drug-likeness (QED) is 0.554. The van der Waals surface area contributed by atoms with Gasteiger partial charge in [0.15, 0.2) is 0 Å². The van der Waals surface area contributed by atoms with E-state index in [0.717, 1.165) is 0 Å². The van der Waals surface area contributed by atoms with Crippen molar-refractivity contribution >= 4 is 0 Å². The fourth-order valence-electron chi connectivity index (χ4n) is 0. The van der Waals surface area contributed by atoms with Gasteiger partial charge in [-0.2, -0.15) is 0 Å². The molecule has 5 heteroatoms. The molecule has 0 aromatic rings. The third-order valence-corrected chi connectivity index (χ3v) is 0. The van der Waals surface area contributed by atoms with E-state index in [0.29, 0.717) is 0 Å². The van der Waals surface area contributed by atoms with Crippen LogP contribution in [0.1, 0.15) is 0 Å². The monoisotopic (exact) mass is 294 g/mol. The predicted octanol–water partition coefficient (Wildman–Crippen LogP) is -0.245. The van der Waals surface area contributed by atoms with Crippen LogP contribution in [0, 0.1) is 0 Å². The maximum Gasteiger partial charge on any atom is 4.00 e. The van der Waals surface area contributed by atoms with Gasteiger partial charge in [0.2, 0.25) is 0 Å². The van der Waals surface area contributed by atoms with Gasteiger partial charge in [-0.15, -0.1) is 0 Å². The van der Waals surface area contributed by atoms with Gasteiger partial charge in [-0.05, 0) is 0 Å². The van der Waals surface area contributed by atoms with E-state index in [1.54, 1.807) is 0 Å². The molecule has 0 radical (unpaired) electrons. The Balaban J connectivity index is 0. The molecule has 0 N–H and O–H groups in total. The van der Waals surface area contributed by atoms with Crippen LogP contribution in [0.2, 0.25) is 0 Å². The van der Waals surface area contributed by atoms with Crippen LogP contribution in [-0.2, 0) is 77.4 Å². The average molecular weight is 296 g/mol. The summed E-state index contributed by atoms with van der Waals surface area (Å²) in [7, 11) is 0. The molecule has 0 amide bonds. The first-order valence-corrected chi connectivity index (χ1v) is 0. The van der Waals surface area contributed by atoms with Crippen molar-refractivity contribution in [1.82, 2.24) is 0 Å². The zero-order valence-corrected chi connectivity index (χ0v) is 6.45. The molecule has 0 aliphatic heterocycles. The zero-order valence-electron chi connectivity index (χ0n) is 1.92. The summed E-state index contributed by atoms with van der Waals surface area (Å²) in [6.45, 7) is 0. The molecular weight excluding hydrogens is 296 g/mol. The SMILES string of the molecule is [Ag+].[Ag+].[O-2].[O-2].[Ti+4]. The van der Waals surface area contributed by atoms with E-state index in [-0.39, 0.29) is 77.4 Å². The number of hydrogen-bond acceptors (Lipinski definition) is 0. The first-order chi connectivity index (χ1) is 0. The Hall–Kier alpha value is 2.11. The van der Waals surface area contributed by atoms with E-state index in [9.17, 15) is 0 Å². The molecule has 0 aliphatic rings. The van der Waals surface area contributed by atoms with Crippen LogP contribution in [0.5, 0.6) is 0 Å². The average Bonchev–Trinajstić information content (AvgIpc) is 0. The minimum Gasteiger partial charge on any atom is -2.00 e. The smallest absolute Gasteiger partial charge is 2.00 e. The van der Waals surface area contributed by atoms with Crippen LogP contribution in [-0.4, -0.2) is 0 Å². The second kappa shape index (κ2) is 35.8. The number of rotatable bonds is 0. The molecule has 0 rings (SSSR count). The largest absolute Gasteiger partial charge is 4.00 e. The van der Waals surface area contributed by atoms with Crippen LogP contribution >= 0.6 is 0 Å². The summed E-state index contributed by atoms with van der Waals surface area (Å²) in [5, 5.41) is 0. The van der Waals surface area contributed by atoms with Crippen LogP contribution in [0.3, 0.4) is 0 Å². The summed E-state index contributed by atoms with van der Waals surface area (Å²) < 4.78 is 0. The van der Waals surface area contributed by atoms with Crippen LogP contribution < -0.4 is 0 Å². The van der Waals surface area contributed by atoms with Gasteiger partial charge in [0.05, 0.1) is 0 Å². The minimum absolute atomic E-state index is 0. The Bertz CT molecular complexity index is 7.61. The van der Waals surface area contributed by atoms with Gasteiger partial charge in [0.1, 0.15) is 0 Å². The van der Waals surface area contributed by atoms with Gasteiger partial charge >= 0.3 is 66.5 Å². The topological polar surface area (TPSA) is 57.0 Å². The van der Waals surface area contributed by atoms with Crippen molar-refractivity contribution in [3.05, 3.63) is 0 Å². The van der Waals surface area contributed by atoms with Gasteiger partial charge in [0.25, 0.3) is 0 Å². The standard InChI is InChI=1S/2Ag.2O.Ti/q2*+1;2*-2;+4. The van der Waals surface area contributed by atoms with Crippen molar-refractivity contribution in [3.8, 4) is 0 Å². The third kappa shape index (κ3) is 23.1. The minimum atomic E-state index is 0. The molecule has 36 valence electrons. The van der Waals surface area contributed by atoms with Gasteiger partial charge in [-0.25, -0.2) is 0 Å². The molecule has 0 saturated carbocycles. The third-order valence-electron chi connectivity index (χ3n) is 0. The maximum absolute atomic E-state index is 0. The van der Waals surface area contributed by atoms with Gasteiger partial charge in [0, 0.05) is 0 Å². The Morgan fingerprint density at radius 1 is 0.600 bits per heavy atom. The van der Waals surface area contributed by atoms with E-state index >= 15 is 0 Å². The molecule has 0 aromatic carbocycles. The second-order valence-electron chi connectivity index (χ2n) is 0. The van der Waals surface area contributed by atoms with Crippen molar-refractivity contribution in [2.24, 2.45) is 0 Å². The Morgan fingerprint density at radius 2 is 0.600 bits per heavy atom. The molecule has 0 heterocycles. The molecule has 0 atom stereocenters. The van der Waals surface area contributed by atoms with Gasteiger partial charge in [-0.1, -0.05) is 0 Å².